The van der Waals surface area contributed by atoms with Crippen LogP contribution in [0, 0.1) is 0 Å². The van der Waals surface area contributed by atoms with Crippen molar-refractivity contribution in [3.63, 3.8) is 0 Å². The lowest BCUT2D eigenvalue weighted by Gasteiger charge is -2.20. The molecule has 0 aliphatic rings. The maximum absolute atomic E-state index is 12.3. The molecule has 0 atom stereocenters. The minimum atomic E-state index is -3.56. The van der Waals surface area contributed by atoms with E-state index in [1.54, 1.807) is 0 Å². The quantitative estimate of drug-likeness (QED) is 0.727. The van der Waals surface area contributed by atoms with Crippen LogP contribution >= 0.6 is 11.6 Å². The number of hydrogen-bond donors (Lipinski definition) is 0. The number of amides is 1. The van der Waals surface area contributed by atoms with E-state index < -0.39 is 9.84 Å². The fraction of sp³-hybridized carbons (Fsp3) is 0.357. The lowest BCUT2D eigenvalue weighted by molar-refractivity contribution is -0.125. The molecule has 4 nitrogen and oxygen atoms in total. The van der Waals surface area contributed by atoms with Crippen molar-refractivity contribution >= 4 is 27.3 Å². The summed E-state index contributed by atoms with van der Waals surface area (Å²) in [5, 5.41) is 0.467. The van der Waals surface area contributed by atoms with Crippen LogP contribution in [0.25, 0.3) is 0 Å². The molecule has 0 aromatic heterocycles. The van der Waals surface area contributed by atoms with Crippen molar-refractivity contribution in [2.45, 2.75) is 24.7 Å². The minimum Gasteiger partial charge on any atom is -0.324 e. The molecule has 110 valence electrons. The number of benzene rings is 1. The second-order valence-corrected chi connectivity index (χ2v) is 6.75. The molecule has 0 fully saturated rings. The SMILES string of the molecule is C=CC(=O)N(CCCC)CS(=O)(=O)c1ccc(Cl)cc1. The van der Waals surface area contributed by atoms with Gasteiger partial charge in [-0.15, -0.1) is 0 Å². The molecule has 1 rings (SSSR count). The van der Waals surface area contributed by atoms with Crippen molar-refractivity contribution in [3.8, 4) is 0 Å². The molecule has 0 bridgehead atoms. The fourth-order valence-corrected chi connectivity index (χ4v) is 3.13. The van der Waals surface area contributed by atoms with E-state index >= 15 is 0 Å². The smallest absolute Gasteiger partial charge is 0.246 e. The minimum absolute atomic E-state index is 0.153. The molecule has 20 heavy (non-hydrogen) atoms. The van der Waals surface area contributed by atoms with Crippen LogP contribution in [0.15, 0.2) is 41.8 Å². The van der Waals surface area contributed by atoms with Crippen LogP contribution in [-0.4, -0.2) is 31.6 Å². The molecule has 0 heterocycles. The zero-order valence-corrected chi connectivity index (χ0v) is 13.0. The maximum Gasteiger partial charge on any atom is 0.246 e. The Labute approximate surface area is 125 Å². The third-order valence-corrected chi connectivity index (χ3v) is 4.66. The van der Waals surface area contributed by atoms with Gasteiger partial charge in [0.15, 0.2) is 9.84 Å². The Morgan fingerprint density at radius 2 is 1.95 bits per heavy atom. The number of halogens is 1. The van der Waals surface area contributed by atoms with Crippen molar-refractivity contribution in [1.82, 2.24) is 4.90 Å². The average molecular weight is 316 g/mol. The van der Waals surface area contributed by atoms with Gasteiger partial charge in [-0.25, -0.2) is 8.42 Å². The molecule has 1 aromatic carbocycles. The van der Waals surface area contributed by atoms with E-state index in [0.717, 1.165) is 18.9 Å². The number of hydrogen-bond acceptors (Lipinski definition) is 3. The molecular weight excluding hydrogens is 298 g/mol. The Kier molecular flexibility index (Phi) is 6.23. The molecule has 0 saturated heterocycles. The molecule has 0 aliphatic carbocycles. The van der Waals surface area contributed by atoms with Gasteiger partial charge < -0.3 is 4.90 Å². The summed E-state index contributed by atoms with van der Waals surface area (Å²) in [5.74, 6) is -0.726. The van der Waals surface area contributed by atoms with Crippen molar-refractivity contribution < 1.29 is 13.2 Å². The fourth-order valence-electron chi connectivity index (χ4n) is 1.64. The Balaban J connectivity index is 2.93. The average Bonchev–Trinajstić information content (AvgIpc) is 2.43. The Hall–Kier alpha value is -1.33. The molecule has 6 heteroatoms. The first-order valence-electron chi connectivity index (χ1n) is 6.30. The monoisotopic (exact) mass is 315 g/mol. The number of sulfone groups is 1. The summed E-state index contributed by atoms with van der Waals surface area (Å²) >= 11 is 5.74. The number of carbonyl (C=O) groups excluding carboxylic acids is 1. The second-order valence-electron chi connectivity index (χ2n) is 4.36. The van der Waals surface area contributed by atoms with E-state index in [0.29, 0.717) is 11.6 Å². The van der Waals surface area contributed by atoms with Gasteiger partial charge >= 0.3 is 0 Å². The van der Waals surface area contributed by atoms with Crippen molar-refractivity contribution in [1.29, 1.82) is 0 Å². The van der Waals surface area contributed by atoms with E-state index in [1.165, 1.54) is 29.2 Å². The largest absolute Gasteiger partial charge is 0.324 e. The van der Waals surface area contributed by atoms with Crippen LogP contribution in [-0.2, 0) is 14.6 Å². The van der Waals surface area contributed by atoms with Gasteiger partial charge in [0.1, 0.15) is 5.88 Å². The van der Waals surface area contributed by atoms with Gasteiger partial charge in [0, 0.05) is 11.6 Å². The van der Waals surface area contributed by atoms with Gasteiger partial charge in [-0.3, -0.25) is 4.79 Å². The molecule has 1 amide bonds. The zero-order chi connectivity index (χ0) is 15.2. The van der Waals surface area contributed by atoms with Gasteiger partial charge in [0.25, 0.3) is 0 Å². The van der Waals surface area contributed by atoms with Gasteiger partial charge in [-0.1, -0.05) is 31.5 Å². The number of unbranched alkanes of at least 4 members (excludes halogenated alkanes) is 1. The summed E-state index contributed by atoms with van der Waals surface area (Å²) in [4.78, 5) is 13.1. The highest BCUT2D eigenvalue weighted by atomic mass is 35.5. The van der Waals surface area contributed by atoms with Crippen molar-refractivity contribution in [3.05, 3.63) is 41.9 Å². The van der Waals surface area contributed by atoms with Crippen LogP contribution < -0.4 is 0 Å². The highest BCUT2D eigenvalue weighted by Gasteiger charge is 2.21. The molecule has 0 spiro atoms. The molecule has 0 unspecified atom stereocenters. The molecule has 0 radical (unpaired) electrons. The summed E-state index contributed by atoms with van der Waals surface area (Å²) in [6.07, 6.45) is 2.75. The highest BCUT2D eigenvalue weighted by Crippen LogP contribution is 2.16. The van der Waals surface area contributed by atoms with Crippen LogP contribution in [0.3, 0.4) is 0 Å². The topological polar surface area (TPSA) is 54.5 Å². The summed E-state index contributed by atoms with van der Waals surface area (Å²) in [5.41, 5.74) is 0. The van der Waals surface area contributed by atoms with Crippen LogP contribution in [0.1, 0.15) is 19.8 Å². The van der Waals surface area contributed by atoms with Gasteiger partial charge in [-0.2, -0.15) is 0 Å². The first-order chi connectivity index (χ1) is 9.40. The van der Waals surface area contributed by atoms with E-state index in [1.807, 2.05) is 6.92 Å². The maximum atomic E-state index is 12.3. The van der Waals surface area contributed by atoms with Crippen molar-refractivity contribution in [2.75, 3.05) is 12.4 Å². The van der Waals surface area contributed by atoms with Gasteiger partial charge in [-0.05, 0) is 36.8 Å². The number of rotatable bonds is 7. The van der Waals surface area contributed by atoms with E-state index in [2.05, 4.69) is 6.58 Å². The summed E-state index contributed by atoms with van der Waals surface area (Å²) < 4.78 is 24.5. The standard InChI is InChI=1S/C14H18ClNO3S/c1-3-5-10-16(14(17)4-2)11-20(18,19)13-8-6-12(15)7-9-13/h4,6-9H,2-3,5,10-11H2,1H3. The molecule has 0 saturated carbocycles. The third-order valence-electron chi connectivity index (χ3n) is 2.77. The summed E-state index contributed by atoms with van der Waals surface area (Å²) in [6, 6.07) is 5.91. The lowest BCUT2D eigenvalue weighted by Crippen LogP contribution is -2.35. The van der Waals surface area contributed by atoms with E-state index in [9.17, 15) is 13.2 Å². The lowest BCUT2D eigenvalue weighted by atomic mass is 10.3. The van der Waals surface area contributed by atoms with Crippen LogP contribution in [0.2, 0.25) is 5.02 Å². The van der Waals surface area contributed by atoms with E-state index in [4.69, 9.17) is 11.6 Å². The predicted octanol–water partition coefficient (Wildman–Crippen LogP) is 2.89. The first-order valence-corrected chi connectivity index (χ1v) is 8.33. The second kappa shape index (κ2) is 7.45. The first kappa shape index (κ1) is 16.7. The van der Waals surface area contributed by atoms with E-state index in [-0.39, 0.29) is 16.7 Å². The third kappa shape index (κ3) is 4.65. The van der Waals surface area contributed by atoms with Crippen molar-refractivity contribution in [2.24, 2.45) is 0 Å². The van der Waals surface area contributed by atoms with Gasteiger partial charge in [0.2, 0.25) is 5.91 Å². The summed E-state index contributed by atoms with van der Waals surface area (Å²) in [7, 11) is -3.56. The predicted molar refractivity (Wildman–Crippen MR) is 80.3 cm³/mol. The zero-order valence-electron chi connectivity index (χ0n) is 11.4. The summed E-state index contributed by atoms with van der Waals surface area (Å²) in [6.45, 7) is 5.77. The Morgan fingerprint density at radius 3 is 2.45 bits per heavy atom. The molecule has 0 N–H and O–H groups in total. The normalized spacial score (nSPS) is 11.1. The number of nitrogens with zero attached hydrogens (tertiary/aromatic N) is 1. The van der Waals surface area contributed by atoms with Crippen LogP contribution in [0.5, 0.6) is 0 Å². The molecule has 1 aromatic rings. The molecule has 0 aliphatic heterocycles. The number of carbonyl (C=O) groups is 1. The molecular formula is C14H18ClNO3S. The highest BCUT2D eigenvalue weighted by molar-refractivity contribution is 7.91. The Morgan fingerprint density at radius 1 is 1.35 bits per heavy atom. The van der Waals surface area contributed by atoms with Gasteiger partial charge in [0.05, 0.1) is 4.90 Å². The Bertz CT molecular complexity index is 567. The van der Waals surface area contributed by atoms with Crippen LogP contribution in [0.4, 0.5) is 0 Å².